The van der Waals surface area contributed by atoms with Gasteiger partial charge in [-0.05, 0) is 127 Å². The van der Waals surface area contributed by atoms with E-state index in [2.05, 4.69) is 244 Å². The molecule has 0 N–H and O–H groups in total. The lowest BCUT2D eigenvalue weighted by Gasteiger charge is -2.41. The summed E-state index contributed by atoms with van der Waals surface area (Å²) < 4.78 is 9.33. The smallest absolute Gasteiger partial charge is 0.256 e. The molecule has 0 saturated carbocycles. The first-order valence-corrected chi connectivity index (χ1v) is 23.1. The molecule has 3 heterocycles. The molecule has 1 aromatic heterocycles. The highest BCUT2D eigenvalue weighted by molar-refractivity contribution is 6.99. The van der Waals surface area contributed by atoms with Crippen LogP contribution in [0.15, 0.2) is 140 Å². The van der Waals surface area contributed by atoms with Gasteiger partial charge < -0.3 is 19.1 Å². The predicted octanol–water partition coefficient (Wildman–Crippen LogP) is 14.4. The van der Waals surface area contributed by atoms with E-state index in [0.29, 0.717) is 0 Å². The molecule has 0 amide bonds. The molecule has 322 valence electrons. The average Bonchev–Trinajstić information content (AvgIpc) is 3.55. The number of aromatic nitrogens is 1. The standard InChI is InChI=1S/C59H62BN3O/c1-56(2,3)37-21-27-41(28-22-37)62(42-29-23-38(24-30-42)57(4,5)6)48-32-33-50(55-53(48)43-17-14-15-18-46(43)61(55)13)63-47-31-25-39(58(7,8)9)35-44(47)60-45-36-40(59(10,11)12)26-34-51(45)64-52-20-16-19-49(63)54(52)60/h14-36H,1-13H3. The maximum atomic E-state index is 6.92. The third-order valence-corrected chi connectivity index (χ3v) is 13.9. The molecule has 5 heteroatoms. The zero-order chi connectivity index (χ0) is 45.2. The van der Waals surface area contributed by atoms with Crippen LogP contribution in [0.3, 0.4) is 0 Å². The van der Waals surface area contributed by atoms with Gasteiger partial charge in [0.1, 0.15) is 11.5 Å². The summed E-state index contributed by atoms with van der Waals surface area (Å²) in [6.07, 6.45) is 0. The molecule has 0 aliphatic carbocycles. The Balaban J connectivity index is 1.26. The second kappa shape index (κ2) is 14.4. The van der Waals surface area contributed by atoms with Gasteiger partial charge in [-0.15, -0.1) is 0 Å². The topological polar surface area (TPSA) is 20.6 Å². The molecule has 0 spiro atoms. The van der Waals surface area contributed by atoms with Crippen LogP contribution in [0.2, 0.25) is 0 Å². The number of nitrogens with zero attached hydrogens (tertiary/aromatic N) is 3. The fourth-order valence-corrected chi connectivity index (χ4v) is 10.2. The Morgan fingerprint density at radius 1 is 0.469 bits per heavy atom. The molecule has 4 nitrogen and oxygen atoms in total. The van der Waals surface area contributed by atoms with Crippen molar-refractivity contribution in [3.05, 3.63) is 162 Å². The zero-order valence-corrected chi connectivity index (χ0v) is 40.1. The van der Waals surface area contributed by atoms with Crippen LogP contribution in [0.1, 0.15) is 105 Å². The molecule has 2 aliphatic rings. The highest BCUT2D eigenvalue weighted by Gasteiger charge is 2.43. The van der Waals surface area contributed by atoms with E-state index in [9.17, 15) is 0 Å². The van der Waals surface area contributed by atoms with Crippen LogP contribution in [0.5, 0.6) is 11.5 Å². The molecule has 0 saturated heterocycles. The summed E-state index contributed by atoms with van der Waals surface area (Å²) in [7, 11) is 2.24. The van der Waals surface area contributed by atoms with Crippen molar-refractivity contribution >= 4 is 79.0 Å². The normalized spacial score (nSPS) is 13.8. The predicted molar refractivity (Wildman–Crippen MR) is 276 cm³/mol. The molecule has 0 radical (unpaired) electrons. The number of fused-ring (bicyclic) bond motifs is 7. The van der Waals surface area contributed by atoms with Crippen molar-refractivity contribution in [1.29, 1.82) is 0 Å². The molecule has 0 atom stereocenters. The van der Waals surface area contributed by atoms with Crippen LogP contribution in [-0.2, 0) is 28.7 Å². The van der Waals surface area contributed by atoms with Gasteiger partial charge in [-0.2, -0.15) is 0 Å². The molecular formula is C59H62BN3O. The molecule has 0 fully saturated rings. The lowest BCUT2D eigenvalue weighted by atomic mass is 9.34. The molecule has 0 unspecified atom stereocenters. The van der Waals surface area contributed by atoms with Gasteiger partial charge in [-0.1, -0.05) is 156 Å². The molecule has 7 aromatic carbocycles. The van der Waals surface area contributed by atoms with Gasteiger partial charge in [0, 0.05) is 46.1 Å². The van der Waals surface area contributed by atoms with Crippen molar-refractivity contribution < 1.29 is 4.74 Å². The maximum Gasteiger partial charge on any atom is 0.256 e. The van der Waals surface area contributed by atoms with Gasteiger partial charge >= 0.3 is 0 Å². The Bertz CT molecular complexity index is 3070. The van der Waals surface area contributed by atoms with Crippen molar-refractivity contribution in [2.24, 2.45) is 7.05 Å². The minimum Gasteiger partial charge on any atom is -0.458 e. The highest BCUT2D eigenvalue weighted by atomic mass is 16.5. The van der Waals surface area contributed by atoms with Crippen molar-refractivity contribution in [1.82, 2.24) is 4.57 Å². The number of rotatable bonds is 4. The Morgan fingerprint density at radius 2 is 1.00 bits per heavy atom. The summed E-state index contributed by atoms with van der Waals surface area (Å²) in [6.45, 7) is 27.6. The molecule has 2 aliphatic heterocycles. The summed E-state index contributed by atoms with van der Waals surface area (Å²) in [6, 6.07) is 52.8. The van der Waals surface area contributed by atoms with Crippen LogP contribution >= 0.6 is 0 Å². The minimum absolute atomic E-state index is 0.00928. The van der Waals surface area contributed by atoms with Crippen LogP contribution in [0.4, 0.5) is 34.1 Å². The summed E-state index contributed by atoms with van der Waals surface area (Å²) in [5.41, 5.74) is 18.3. The Labute approximate surface area is 381 Å². The van der Waals surface area contributed by atoms with E-state index >= 15 is 0 Å². The first-order valence-electron chi connectivity index (χ1n) is 23.1. The van der Waals surface area contributed by atoms with Crippen LogP contribution in [0.25, 0.3) is 21.8 Å². The number of hydrogen-bond acceptors (Lipinski definition) is 3. The summed E-state index contributed by atoms with van der Waals surface area (Å²) in [4.78, 5) is 5.00. The first-order chi connectivity index (χ1) is 30.2. The summed E-state index contributed by atoms with van der Waals surface area (Å²) >= 11 is 0. The number of benzene rings is 7. The fraction of sp³-hybridized carbons (Fsp3) is 0.288. The van der Waals surface area contributed by atoms with Gasteiger partial charge in [-0.3, -0.25) is 0 Å². The van der Waals surface area contributed by atoms with E-state index in [1.807, 2.05) is 0 Å². The number of para-hydroxylation sites is 1. The van der Waals surface area contributed by atoms with E-state index in [0.717, 1.165) is 39.9 Å². The number of anilines is 6. The molecule has 10 rings (SSSR count). The molecular weight excluding hydrogens is 777 g/mol. The Kier molecular flexibility index (Phi) is 9.41. The zero-order valence-electron chi connectivity index (χ0n) is 40.1. The maximum absolute atomic E-state index is 6.92. The molecule has 64 heavy (non-hydrogen) atoms. The first kappa shape index (κ1) is 41.8. The van der Waals surface area contributed by atoms with E-state index in [1.54, 1.807) is 0 Å². The van der Waals surface area contributed by atoms with Crippen LogP contribution < -0.4 is 30.9 Å². The van der Waals surface area contributed by atoms with E-state index in [-0.39, 0.29) is 28.4 Å². The van der Waals surface area contributed by atoms with Gasteiger partial charge in [0.2, 0.25) is 0 Å². The third kappa shape index (κ3) is 6.73. The highest BCUT2D eigenvalue weighted by Crippen LogP contribution is 2.50. The monoisotopic (exact) mass is 839 g/mol. The lowest BCUT2D eigenvalue weighted by Crippen LogP contribution is -2.59. The number of aryl methyl sites for hydroxylation is 1. The largest absolute Gasteiger partial charge is 0.458 e. The molecule has 0 bridgehead atoms. The Hall–Kier alpha value is -6.20. The average molecular weight is 840 g/mol. The number of hydrogen-bond donors (Lipinski definition) is 0. The van der Waals surface area contributed by atoms with Gasteiger partial charge in [0.15, 0.2) is 0 Å². The Morgan fingerprint density at radius 3 is 1.59 bits per heavy atom. The second-order valence-corrected chi connectivity index (χ2v) is 22.4. The van der Waals surface area contributed by atoms with Gasteiger partial charge in [0.05, 0.1) is 16.9 Å². The lowest BCUT2D eigenvalue weighted by molar-refractivity contribution is 0.486. The minimum atomic E-state index is -0.0364. The van der Waals surface area contributed by atoms with E-state index in [1.165, 1.54) is 66.1 Å². The third-order valence-electron chi connectivity index (χ3n) is 13.9. The van der Waals surface area contributed by atoms with Crippen molar-refractivity contribution in [2.45, 2.75) is 105 Å². The second-order valence-electron chi connectivity index (χ2n) is 22.4. The van der Waals surface area contributed by atoms with E-state index in [4.69, 9.17) is 4.74 Å². The van der Waals surface area contributed by atoms with Gasteiger partial charge in [-0.25, -0.2) is 0 Å². The SMILES string of the molecule is Cn1c2ccccc2c2c(N(c3ccc(C(C)(C)C)cc3)c3ccc(C(C)(C)C)cc3)ccc(N3c4ccc(C(C)(C)C)cc4B4c5cc(C(C)(C)C)ccc5Oc5cccc3c54)c21. The fourth-order valence-electron chi connectivity index (χ4n) is 10.2. The van der Waals surface area contributed by atoms with Crippen LogP contribution in [-0.4, -0.2) is 11.3 Å². The van der Waals surface area contributed by atoms with Crippen molar-refractivity contribution in [2.75, 3.05) is 9.80 Å². The number of ether oxygens (including phenoxy) is 1. The quantitative estimate of drug-likeness (QED) is 0.165. The molecule has 8 aromatic rings. The van der Waals surface area contributed by atoms with Crippen molar-refractivity contribution in [3.8, 4) is 11.5 Å². The van der Waals surface area contributed by atoms with Crippen molar-refractivity contribution in [3.63, 3.8) is 0 Å². The van der Waals surface area contributed by atoms with E-state index < -0.39 is 0 Å². The van der Waals surface area contributed by atoms with Crippen LogP contribution in [0, 0.1) is 0 Å². The summed E-state index contributed by atoms with van der Waals surface area (Å²) in [5, 5.41) is 2.44. The summed E-state index contributed by atoms with van der Waals surface area (Å²) in [5.74, 6) is 1.86. The van der Waals surface area contributed by atoms with Gasteiger partial charge in [0.25, 0.3) is 6.71 Å².